The SMILES string of the molecule is C=C(CCC/C=C(\C#N)c1cc(OC)c(C(C)C)cc1C)S(=O)(=O)c1ccccc1. The number of ether oxygens (including phenoxy) is 1. The summed E-state index contributed by atoms with van der Waals surface area (Å²) in [5, 5.41) is 9.66. The van der Waals surface area contributed by atoms with Crippen LogP contribution in [0.3, 0.4) is 0 Å². The van der Waals surface area contributed by atoms with Crippen molar-refractivity contribution in [1.82, 2.24) is 0 Å². The van der Waals surface area contributed by atoms with Crippen molar-refractivity contribution in [3.63, 3.8) is 0 Å². The number of nitrogens with zero attached hydrogens (tertiary/aromatic N) is 1. The molecule has 4 nitrogen and oxygen atoms in total. The Labute approximate surface area is 180 Å². The third-order valence-corrected chi connectivity index (χ3v) is 6.91. The second-order valence-corrected chi connectivity index (χ2v) is 9.60. The first-order valence-corrected chi connectivity index (χ1v) is 11.5. The highest BCUT2D eigenvalue weighted by Gasteiger charge is 2.18. The zero-order valence-electron chi connectivity index (χ0n) is 18.1. The summed E-state index contributed by atoms with van der Waals surface area (Å²) in [5.74, 6) is 1.09. The molecule has 5 heteroatoms. The first kappa shape index (κ1) is 23.4. The highest BCUT2D eigenvalue weighted by Crippen LogP contribution is 2.32. The van der Waals surface area contributed by atoms with E-state index in [1.54, 1.807) is 37.4 Å². The maximum absolute atomic E-state index is 12.6. The van der Waals surface area contributed by atoms with Crippen LogP contribution >= 0.6 is 0 Å². The lowest BCUT2D eigenvalue weighted by molar-refractivity contribution is 0.407. The summed E-state index contributed by atoms with van der Waals surface area (Å²) in [5.41, 5.74) is 3.54. The second-order valence-electron chi connectivity index (χ2n) is 7.54. The van der Waals surface area contributed by atoms with Gasteiger partial charge in [0.2, 0.25) is 9.84 Å². The van der Waals surface area contributed by atoms with Crippen LogP contribution in [0.2, 0.25) is 0 Å². The zero-order valence-corrected chi connectivity index (χ0v) is 18.9. The largest absolute Gasteiger partial charge is 0.496 e. The number of hydrogen-bond donors (Lipinski definition) is 0. The maximum Gasteiger partial charge on any atom is 0.202 e. The van der Waals surface area contributed by atoms with Crippen LogP contribution in [0.4, 0.5) is 0 Å². The van der Waals surface area contributed by atoms with Gasteiger partial charge in [0.25, 0.3) is 0 Å². The Balaban J connectivity index is 2.12. The first-order valence-electron chi connectivity index (χ1n) is 9.99. The van der Waals surface area contributed by atoms with Gasteiger partial charge in [0.15, 0.2) is 0 Å². The van der Waals surface area contributed by atoms with E-state index in [0.29, 0.717) is 30.8 Å². The van der Waals surface area contributed by atoms with E-state index in [9.17, 15) is 13.7 Å². The molecule has 0 aliphatic carbocycles. The fraction of sp³-hybridized carbons (Fsp3) is 0.320. The number of benzene rings is 2. The predicted octanol–water partition coefficient (Wildman–Crippen LogP) is 6.19. The van der Waals surface area contributed by atoms with E-state index in [1.807, 2.05) is 19.1 Å². The summed E-state index contributed by atoms with van der Waals surface area (Å²) in [6, 6.07) is 14.6. The van der Waals surface area contributed by atoms with Gasteiger partial charge in [-0.1, -0.05) is 50.8 Å². The third-order valence-electron chi connectivity index (χ3n) is 5.05. The molecular formula is C25H29NO3S. The van der Waals surface area contributed by atoms with Crippen molar-refractivity contribution in [2.24, 2.45) is 0 Å². The minimum atomic E-state index is -3.52. The molecule has 2 aromatic carbocycles. The summed E-state index contributed by atoms with van der Waals surface area (Å²) in [4.78, 5) is 0.455. The van der Waals surface area contributed by atoms with Crippen molar-refractivity contribution in [3.8, 4) is 11.8 Å². The van der Waals surface area contributed by atoms with Crippen molar-refractivity contribution in [3.05, 3.63) is 76.7 Å². The number of unbranched alkanes of at least 4 members (excludes halogenated alkanes) is 1. The monoisotopic (exact) mass is 423 g/mol. The van der Waals surface area contributed by atoms with Crippen LogP contribution in [0.1, 0.15) is 55.7 Å². The Bertz CT molecular complexity index is 1080. The van der Waals surface area contributed by atoms with E-state index in [2.05, 4.69) is 32.6 Å². The molecule has 0 saturated heterocycles. The van der Waals surface area contributed by atoms with Gasteiger partial charge in [0.1, 0.15) is 5.75 Å². The number of hydrogen-bond acceptors (Lipinski definition) is 4. The number of aryl methyl sites for hydroxylation is 1. The molecule has 0 spiro atoms. The Morgan fingerprint density at radius 2 is 1.90 bits per heavy atom. The smallest absolute Gasteiger partial charge is 0.202 e. The zero-order chi connectivity index (χ0) is 22.3. The molecular weight excluding hydrogens is 394 g/mol. The summed E-state index contributed by atoms with van der Waals surface area (Å²) in [6.45, 7) is 9.97. The van der Waals surface area contributed by atoms with E-state index < -0.39 is 9.84 Å². The van der Waals surface area contributed by atoms with Gasteiger partial charge in [-0.15, -0.1) is 0 Å². The highest BCUT2D eigenvalue weighted by atomic mass is 32.2. The van der Waals surface area contributed by atoms with Crippen molar-refractivity contribution in [1.29, 1.82) is 5.26 Å². The van der Waals surface area contributed by atoms with E-state index in [0.717, 1.165) is 22.4 Å². The fourth-order valence-corrected chi connectivity index (χ4v) is 4.55. The van der Waals surface area contributed by atoms with Crippen LogP contribution in [-0.4, -0.2) is 15.5 Å². The number of nitriles is 1. The summed E-state index contributed by atoms with van der Waals surface area (Å²) >= 11 is 0. The predicted molar refractivity (Wildman–Crippen MR) is 122 cm³/mol. The first-order chi connectivity index (χ1) is 14.2. The van der Waals surface area contributed by atoms with Gasteiger partial charge in [-0.05, 0) is 67.0 Å². The minimum Gasteiger partial charge on any atom is -0.496 e. The number of sulfone groups is 1. The Kier molecular flexibility index (Phi) is 8.02. The van der Waals surface area contributed by atoms with Crippen LogP contribution in [0.15, 0.2) is 64.9 Å². The van der Waals surface area contributed by atoms with Crippen LogP contribution in [0.25, 0.3) is 5.57 Å². The average Bonchev–Trinajstić information content (AvgIpc) is 2.74. The molecule has 2 aromatic rings. The van der Waals surface area contributed by atoms with Crippen LogP contribution in [0, 0.1) is 18.3 Å². The molecule has 0 heterocycles. The van der Waals surface area contributed by atoms with Gasteiger partial charge in [0, 0.05) is 4.91 Å². The molecule has 0 aliphatic heterocycles. The summed E-state index contributed by atoms with van der Waals surface area (Å²) < 4.78 is 30.6. The normalized spacial score (nSPS) is 11.9. The standard InChI is InChI=1S/C25H29NO3S/c1-18(2)23-15-19(3)24(16-25(23)29-5)21(17-26)12-10-9-11-20(4)30(27,28)22-13-7-6-8-14-22/h6-8,12-16,18H,4,9-11H2,1-3,5H3/b21-12+. The molecule has 2 rings (SSSR count). The van der Waals surface area contributed by atoms with Gasteiger partial charge in [-0.2, -0.15) is 5.26 Å². The number of allylic oxidation sites excluding steroid dienone is 3. The molecule has 0 radical (unpaired) electrons. The lowest BCUT2D eigenvalue weighted by Crippen LogP contribution is -2.03. The van der Waals surface area contributed by atoms with Crippen molar-refractivity contribution in [2.45, 2.75) is 50.8 Å². The lowest BCUT2D eigenvalue weighted by atomic mass is 9.93. The molecule has 158 valence electrons. The Hall–Kier alpha value is -2.84. The Morgan fingerprint density at radius 1 is 1.23 bits per heavy atom. The highest BCUT2D eigenvalue weighted by molar-refractivity contribution is 7.95. The summed E-state index contributed by atoms with van der Waals surface area (Å²) in [7, 11) is -1.89. The molecule has 0 aromatic heterocycles. The lowest BCUT2D eigenvalue weighted by Gasteiger charge is -2.15. The minimum absolute atomic E-state index is 0.194. The molecule has 0 N–H and O–H groups in total. The molecule has 0 atom stereocenters. The van der Waals surface area contributed by atoms with Gasteiger partial charge in [-0.25, -0.2) is 8.42 Å². The molecule has 0 fully saturated rings. The molecule has 0 aliphatic rings. The molecule has 0 saturated carbocycles. The molecule has 0 unspecified atom stereocenters. The van der Waals surface area contributed by atoms with Gasteiger partial charge < -0.3 is 4.74 Å². The third kappa shape index (κ3) is 5.40. The van der Waals surface area contributed by atoms with E-state index in [1.165, 1.54) is 0 Å². The molecule has 0 bridgehead atoms. The number of methoxy groups -OCH3 is 1. The van der Waals surface area contributed by atoms with Crippen LogP contribution in [-0.2, 0) is 9.84 Å². The van der Waals surface area contributed by atoms with Crippen LogP contribution in [0.5, 0.6) is 5.75 Å². The van der Waals surface area contributed by atoms with Crippen molar-refractivity contribution < 1.29 is 13.2 Å². The van der Waals surface area contributed by atoms with Gasteiger partial charge in [-0.3, -0.25) is 0 Å². The van der Waals surface area contributed by atoms with Crippen molar-refractivity contribution in [2.75, 3.05) is 7.11 Å². The molecule has 30 heavy (non-hydrogen) atoms. The van der Waals surface area contributed by atoms with E-state index in [4.69, 9.17) is 4.74 Å². The second kappa shape index (κ2) is 10.3. The average molecular weight is 424 g/mol. The van der Waals surface area contributed by atoms with Gasteiger partial charge >= 0.3 is 0 Å². The maximum atomic E-state index is 12.6. The molecule has 0 amide bonds. The quantitative estimate of drug-likeness (QED) is 0.356. The Morgan fingerprint density at radius 3 is 2.47 bits per heavy atom. The van der Waals surface area contributed by atoms with E-state index >= 15 is 0 Å². The number of rotatable bonds is 9. The van der Waals surface area contributed by atoms with Crippen LogP contribution < -0.4 is 4.74 Å². The fourth-order valence-electron chi connectivity index (χ4n) is 3.29. The topological polar surface area (TPSA) is 67.2 Å². The van der Waals surface area contributed by atoms with Gasteiger partial charge in [0.05, 0.1) is 23.6 Å². The van der Waals surface area contributed by atoms with E-state index in [-0.39, 0.29) is 9.80 Å². The summed E-state index contributed by atoms with van der Waals surface area (Å²) in [6.07, 6.45) is 3.39. The van der Waals surface area contributed by atoms with Crippen molar-refractivity contribution >= 4 is 15.4 Å².